The van der Waals surface area contributed by atoms with Gasteiger partial charge < -0.3 is 14.0 Å². The summed E-state index contributed by atoms with van der Waals surface area (Å²) in [7, 11) is 0. The van der Waals surface area contributed by atoms with Crippen LogP contribution in [0.15, 0.2) is 48.7 Å². The third-order valence-corrected chi connectivity index (χ3v) is 6.62. The molecule has 7 nitrogen and oxygen atoms in total. The topological polar surface area (TPSA) is 98.4 Å². The van der Waals surface area contributed by atoms with Crippen molar-refractivity contribution in [2.75, 3.05) is 13.2 Å². The van der Waals surface area contributed by atoms with Gasteiger partial charge in [0.05, 0.1) is 24.4 Å². The van der Waals surface area contributed by atoms with Crippen molar-refractivity contribution < 1.29 is 23.9 Å². The number of ether oxygens (including phenoxy) is 2. The number of para-hydroxylation sites is 1. The second-order valence-electron chi connectivity index (χ2n) is 7.61. The number of Topliss-reactive ketones (excluding diaryl/α,β-unsaturated/α-hetero) is 1. The first kappa shape index (κ1) is 25.7. The summed E-state index contributed by atoms with van der Waals surface area (Å²) in [5.74, 6) is -1.64. The third kappa shape index (κ3) is 5.42. The molecule has 35 heavy (non-hydrogen) atoms. The van der Waals surface area contributed by atoms with Crippen molar-refractivity contribution in [3.8, 4) is 6.07 Å². The van der Waals surface area contributed by atoms with Crippen LogP contribution in [-0.4, -0.2) is 35.5 Å². The van der Waals surface area contributed by atoms with Crippen molar-refractivity contribution in [2.45, 2.75) is 33.7 Å². The van der Waals surface area contributed by atoms with E-state index >= 15 is 0 Å². The summed E-state index contributed by atoms with van der Waals surface area (Å²) in [6.07, 6.45) is 4.98. The number of carbonyl (C=O) groups excluding carboxylic acids is 3. The van der Waals surface area contributed by atoms with E-state index in [4.69, 9.17) is 9.47 Å². The van der Waals surface area contributed by atoms with Crippen molar-refractivity contribution in [3.63, 3.8) is 0 Å². The van der Waals surface area contributed by atoms with Gasteiger partial charge in [-0.2, -0.15) is 5.26 Å². The molecule has 0 amide bonds. The summed E-state index contributed by atoms with van der Waals surface area (Å²) < 4.78 is 12.2. The van der Waals surface area contributed by atoms with E-state index in [9.17, 15) is 19.6 Å². The second kappa shape index (κ2) is 11.4. The number of carbonyl (C=O) groups is 3. The number of rotatable bonds is 10. The zero-order chi connectivity index (χ0) is 25.5. The van der Waals surface area contributed by atoms with Crippen LogP contribution in [0.5, 0.6) is 0 Å². The maximum absolute atomic E-state index is 13.2. The van der Waals surface area contributed by atoms with Crippen LogP contribution in [0.2, 0.25) is 0 Å². The van der Waals surface area contributed by atoms with Crippen molar-refractivity contribution in [1.29, 1.82) is 5.26 Å². The molecule has 0 spiro atoms. The largest absolute Gasteiger partial charge is 0.462 e. The van der Waals surface area contributed by atoms with Crippen LogP contribution >= 0.6 is 11.3 Å². The number of hydrogen-bond donors (Lipinski definition) is 0. The van der Waals surface area contributed by atoms with E-state index in [1.165, 1.54) is 0 Å². The molecule has 0 radical (unpaired) electrons. The molecule has 180 valence electrons. The minimum absolute atomic E-state index is 0.0509. The van der Waals surface area contributed by atoms with Gasteiger partial charge in [-0.25, -0.2) is 9.59 Å². The number of aromatic nitrogens is 1. The third-order valence-electron chi connectivity index (χ3n) is 5.35. The lowest BCUT2D eigenvalue weighted by molar-refractivity contribution is -0.114. The van der Waals surface area contributed by atoms with E-state index in [2.05, 4.69) is 6.58 Å². The molecule has 0 fully saturated rings. The smallest absolute Gasteiger partial charge is 0.348 e. The Morgan fingerprint density at radius 2 is 1.83 bits per heavy atom. The van der Waals surface area contributed by atoms with Crippen molar-refractivity contribution >= 4 is 46.0 Å². The number of esters is 2. The van der Waals surface area contributed by atoms with Gasteiger partial charge in [-0.1, -0.05) is 24.3 Å². The molecule has 0 aliphatic rings. The summed E-state index contributed by atoms with van der Waals surface area (Å²) in [6.45, 7) is 9.68. The highest BCUT2D eigenvalue weighted by Gasteiger charge is 2.28. The predicted octanol–water partition coefficient (Wildman–Crippen LogP) is 5.27. The molecule has 0 bridgehead atoms. The fourth-order valence-corrected chi connectivity index (χ4v) is 5.00. The summed E-state index contributed by atoms with van der Waals surface area (Å²) >= 11 is 1.02. The van der Waals surface area contributed by atoms with Crippen molar-refractivity contribution in [1.82, 2.24) is 4.57 Å². The molecule has 3 aromatic rings. The molecule has 0 saturated carbocycles. The number of nitriles is 1. The Morgan fingerprint density at radius 1 is 1.14 bits per heavy atom. The van der Waals surface area contributed by atoms with E-state index < -0.39 is 17.7 Å². The standard InChI is InChI=1S/C27H26N2O5S/c1-5-12-29-16-19(20-10-8-9-11-21(20)29)13-18(15-28)22(30)14-23-24(26(31)33-6-2)17(4)25(35-23)27(32)34-7-3/h5,8-11,13,16H,1,6-7,12,14H2,2-4H3/b18-13+. The molecule has 0 unspecified atom stereocenters. The van der Waals surface area contributed by atoms with Crippen LogP contribution in [0.25, 0.3) is 17.0 Å². The quantitative estimate of drug-likeness (QED) is 0.166. The molecule has 2 heterocycles. The van der Waals surface area contributed by atoms with Crippen molar-refractivity contribution in [3.05, 3.63) is 75.1 Å². The lowest BCUT2D eigenvalue weighted by atomic mass is 10.0. The van der Waals surface area contributed by atoms with Crippen molar-refractivity contribution in [2.24, 2.45) is 0 Å². The highest BCUT2D eigenvalue weighted by molar-refractivity contribution is 7.14. The van der Waals surface area contributed by atoms with E-state index in [0.717, 1.165) is 27.8 Å². The van der Waals surface area contributed by atoms with Gasteiger partial charge in [0.1, 0.15) is 10.9 Å². The Bertz CT molecular complexity index is 1370. The fourth-order valence-electron chi connectivity index (χ4n) is 3.81. The number of nitrogens with zero attached hydrogens (tertiary/aromatic N) is 2. The van der Waals surface area contributed by atoms with Gasteiger partial charge in [0.2, 0.25) is 0 Å². The minimum Gasteiger partial charge on any atom is -0.462 e. The van der Waals surface area contributed by atoms with Gasteiger partial charge in [0.15, 0.2) is 5.78 Å². The van der Waals surface area contributed by atoms with E-state index in [1.54, 1.807) is 32.9 Å². The number of allylic oxidation sites excluding steroid dienone is 2. The molecule has 3 rings (SSSR count). The highest BCUT2D eigenvalue weighted by Crippen LogP contribution is 2.31. The van der Waals surface area contributed by atoms with Crippen LogP contribution in [0, 0.1) is 18.3 Å². The lowest BCUT2D eigenvalue weighted by Gasteiger charge is -2.05. The van der Waals surface area contributed by atoms with Crippen LogP contribution in [0.1, 0.15) is 49.9 Å². The van der Waals surface area contributed by atoms with Crippen LogP contribution < -0.4 is 0 Å². The van der Waals surface area contributed by atoms with Gasteiger partial charge >= 0.3 is 11.9 Å². The van der Waals surface area contributed by atoms with Crippen LogP contribution in [0.3, 0.4) is 0 Å². The molecule has 8 heteroatoms. The van der Waals surface area contributed by atoms with Gasteiger partial charge in [0, 0.05) is 40.5 Å². The lowest BCUT2D eigenvalue weighted by Crippen LogP contribution is -2.12. The summed E-state index contributed by atoms with van der Waals surface area (Å²) in [4.78, 5) is 38.8. The van der Waals surface area contributed by atoms with Crippen LogP contribution in [0.4, 0.5) is 0 Å². The number of fused-ring (bicyclic) bond motifs is 1. The van der Waals surface area contributed by atoms with E-state index in [1.807, 2.05) is 41.1 Å². The maximum Gasteiger partial charge on any atom is 0.348 e. The molecule has 2 aromatic heterocycles. The first-order chi connectivity index (χ1) is 16.9. The van der Waals surface area contributed by atoms with E-state index in [0.29, 0.717) is 17.0 Å². The fraction of sp³-hybridized carbons (Fsp3) is 0.259. The zero-order valence-electron chi connectivity index (χ0n) is 19.9. The Kier molecular flexibility index (Phi) is 8.39. The first-order valence-electron chi connectivity index (χ1n) is 11.2. The first-order valence-corrected chi connectivity index (χ1v) is 12.0. The molecule has 0 aliphatic carbocycles. The SMILES string of the molecule is C=CCn1cc(/C=C(\C#N)C(=O)Cc2sc(C(=O)OCC)c(C)c2C(=O)OCC)c2ccccc21. The van der Waals surface area contributed by atoms with E-state index in [-0.39, 0.29) is 35.6 Å². The Hall–Kier alpha value is -3.96. The summed E-state index contributed by atoms with van der Waals surface area (Å²) in [5.41, 5.74) is 2.22. The molecule has 0 atom stereocenters. The van der Waals surface area contributed by atoms with Crippen LogP contribution in [-0.2, 0) is 27.2 Å². The number of thiophene rings is 1. The number of hydrogen-bond acceptors (Lipinski definition) is 7. The average molecular weight is 491 g/mol. The Morgan fingerprint density at radius 3 is 2.49 bits per heavy atom. The van der Waals surface area contributed by atoms with Gasteiger partial charge in [-0.15, -0.1) is 17.9 Å². The number of benzene rings is 1. The molecule has 1 aromatic carbocycles. The highest BCUT2D eigenvalue weighted by atomic mass is 32.1. The minimum atomic E-state index is -0.616. The average Bonchev–Trinajstić information content (AvgIpc) is 3.35. The molecule has 0 saturated heterocycles. The van der Waals surface area contributed by atoms with Gasteiger partial charge in [-0.3, -0.25) is 4.79 Å². The Labute approximate surface area is 207 Å². The maximum atomic E-state index is 13.2. The molecular formula is C27H26N2O5S. The second-order valence-corrected chi connectivity index (χ2v) is 8.71. The molecule has 0 N–H and O–H groups in total. The summed E-state index contributed by atoms with van der Waals surface area (Å²) in [5, 5.41) is 10.7. The van der Waals surface area contributed by atoms with Gasteiger partial charge in [-0.05, 0) is 38.5 Å². The predicted molar refractivity (Wildman–Crippen MR) is 135 cm³/mol. The molecular weight excluding hydrogens is 464 g/mol. The number of ketones is 1. The molecule has 0 aliphatic heterocycles. The monoisotopic (exact) mass is 490 g/mol. The Balaban J connectivity index is 2.01. The zero-order valence-corrected chi connectivity index (χ0v) is 20.7. The van der Waals surface area contributed by atoms with Gasteiger partial charge in [0.25, 0.3) is 0 Å². The normalized spacial score (nSPS) is 11.2. The summed E-state index contributed by atoms with van der Waals surface area (Å²) in [6, 6.07) is 9.69.